The minimum absolute atomic E-state index is 0. The van der Waals surface area contributed by atoms with E-state index in [2.05, 4.69) is 31.6 Å². The fourth-order valence-electron chi connectivity index (χ4n) is 0.625. The molecule has 2 atom stereocenters. The number of carboxylic acids is 1. The van der Waals surface area contributed by atoms with Crippen molar-refractivity contribution >= 4 is 17.8 Å². The van der Waals surface area contributed by atoms with Gasteiger partial charge in [-0.2, -0.15) is 0 Å². The van der Waals surface area contributed by atoms with Crippen LogP contribution in [0.3, 0.4) is 0 Å². The Balaban J connectivity index is -0.0000000364. The van der Waals surface area contributed by atoms with Crippen LogP contribution >= 0.6 is 0 Å². The van der Waals surface area contributed by atoms with Crippen LogP contribution < -0.4 is 23.4 Å². The number of esters is 1. The Morgan fingerprint density at radius 3 is 1.53 bits per heavy atom. The SMILES string of the molecule is C.C.CC#CC(=O)O.CC#CO.CC(O)CN.N.N.[C-]#[N+]CC(=O)NCC(C)O.[C-]#[N+]CC(=O)OC. The van der Waals surface area contributed by atoms with E-state index in [1.807, 2.05) is 5.92 Å². The van der Waals surface area contributed by atoms with E-state index in [4.69, 9.17) is 39.3 Å². The number of nitrogens with one attached hydrogen (secondary N) is 1. The molecule has 0 aromatic rings. The number of hydrogen-bond acceptors (Lipinski definition) is 10. The first-order valence-electron chi connectivity index (χ1n) is 8.71. The van der Waals surface area contributed by atoms with Crippen molar-refractivity contribution in [1.29, 1.82) is 0 Å². The first-order chi connectivity index (χ1) is 14.9. The standard InChI is InChI=1S/C6H10N2O2.C4H5NO2.C4H4O2.C3H9NO.C3H4O.2CH4.2H3N/c1-5(9)3-8-6(10)4-7-2;1-5-3-4(6)7-2;1-2-3-4(5)6;1-3(5)2-4;1-2-3-4;;;;/h5,9H,3-4H2,1H3,(H,8,10);3H2,2H3;1H3,(H,5,6);3,5H,2,4H2,1H3;4H,1H3;2*1H4;2*1H3. The van der Waals surface area contributed by atoms with Crippen molar-refractivity contribution < 1.29 is 39.5 Å². The highest BCUT2D eigenvalue weighted by molar-refractivity contribution is 5.86. The fourth-order valence-corrected chi connectivity index (χ4v) is 0.625. The van der Waals surface area contributed by atoms with E-state index in [-0.39, 0.29) is 58.8 Å². The minimum Gasteiger partial charge on any atom is -0.472 e. The molecule has 0 aromatic carbocycles. The molecule has 212 valence electrons. The summed E-state index contributed by atoms with van der Waals surface area (Å²) < 4.78 is 4.14. The van der Waals surface area contributed by atoms with Crippen molar-refractivity contribution in [2.24, 2.45) is 5.73 Å². The highest BCUT2D eigenvalue weighted by Crippen LogP contribution is 1.75. The molecule has 0 rings (SSSR count). The van der Waals surface area contributed by atoms with Gasteiger partial charge in [0.25, 0.3) is 12.5 Å². The number of amides is 1. The first-order valence-corrected chi connectivity index (χ1v) is 8.71. The zero-order valence-corrected chi connectivity index (χ0v) is 20.3. The maximum absolute atomic E-state index is 10.5. The Morgan fingerprint density at radius 2 is 1.39 bits per heavy atom. The fraction of sp³-hybridized carbons (Fsp3) is 0.591. The number of hydrogen-bond donors (Lipinski definition) is 8. The highest BCUT2D eigenvalue weighted by Gasteiger charge is 2.03. The second-order valence-corrected chi connectivity index (χ2v) is 4.99. The number of ether oxygens (including phenoxy) is 1. The summed E-state index contributed by atoms with van der Waals surface area (Å²) in [7, 11) is 1.26. The van der Waals surface area contributed by atoms with Crippen LogP contribution in [0.25, 0.3) is 9.69 Å². The smallest absolute Gasteiger partial charge is 0.386 e. The number of aliphatic hydroxyl groups excluding tert-OH is 3. The average Bonchev–Trinajstić information content (AvgIpc) is 2.74. The number of nitrogens with two attached hydrogens (primary N) is 1. The van der Waals surface area contributed by atoms with Crippen LogP contribution in [-0.4, -0.2) is 83.8 Å². The van der Waals surface area contributed by atoms with E-state index in [1.165, 1.54) is 14.0 Å². The van der Waals surface area contributed by atoms with Crippen molar-refractivity contribution in [2.75, 3.05) is 33.3 Å². The third kappa shape index (κ3) is 112. The molecular weight excluding hydrogens is 476 g/mol. The van der Waals surface area contributed by atoms with Gasteiger partial charge in [-0.1, -0.05) is 26.7 Å². The Hall–Kier alpha value is -3.89. The number of carboxylic acid groups (broad SMARTS) is 1. The number of methoxy groups -OCH3 is 1. The largest absolute Gasteiger partial charge is 0.472 e. The summed E-state index contributed by atoms with van der Waals surface area (Å²) in [5.41, 5.74) is 4.92. The summed E-state index contributed by atoms with van der Waals surface area (Å²) in [5.74, 6) is 4.44. The second kappa shape index (κ2) is 52.8. The van der Waals surface area contributed by atoms with E-state index < -0.39 is 18.0 Å². The molecule has 0 aliphatic carbocycles. The number of carbonyl (C=O) groups excluding carboxylic acids is 2. The highest BCUT2D eigenvalue weighted by atomic mass is 16.5. The lowest BCUT2D eigenvalue weighted by atomic mass is 10.4. The third-order valence-corrected chi connectivity index (χ3v) is 1.94. The zero-order valence-electron chi connectivity index (χ0n) is 20.3. The van der Waals surface area contributed by atoms with Crippen LogP contribution in [0, 0.1) is 37.0 Å². The van der Waals surface area contributed by atoms with Crippen LogP contribution in [0.2, 0.25) is 0 Å². The van der Waals surface area contributed by atoms with Crippen molar-refractivity contribution in [3.8, 4) is 23.9 Å². The monoisotopic (exact) mass is 522 g/mol. The quantitative estimate of drug-likeness (QED) is 0.142. The number of carbonyl (C=O) groups is 3. The Bertz CT molecular complexity index is 688. The van der Waals surface area contributed by atoms with Gasteiger partial charge < -0.3 is 58.2 Å². The molecule has 0 saturated carbocycles. The lowest BCUT2D eigenvalue weighted by Crippen LogP contribution is -2.31. The van der Waals surface area contributed by atoms with E-state index in [0.717, 1.165) is 0 Å². The normalized spacial score (nSPS) is 7.94. The molecule has 0 spiro atoms. The van der Waals surface area contributed by atoms with E-state index >= 15 is 0 Å². The van der Waals surface area contributed by atoms with Crippen LogP contribution in [0.4, 0.5) is 0 Å². The third-order valence-electron chi connectivity index (χ3n) is 1.94. The molecular formula is C22H46N6O8. The molecule has 13 N–H and O–H groups in total. The van der Waals surface area contributed by atoms with Crippen LogP contribution in [0.15, 0.2) is 0 Å². The van der Waals surface area contributed by atoms with E-state index in [9.17, 15) is 14.4 Å². The van der Waals surface area contributed by atoms with Gasteiger partial charge in [-0.05, 0) is 20.8 Å². The molecule has 14 nitrogen and oxygen atoms in total. The molecule has 0 saturated heterocycles. The summed E-state index contributed by atoms with van der Waals surface area (Å²) in [5, 5.41) is 34.5. The molecule has 2 unspecified atom stereocenters. The Labute approximate surface area is 216 Å². The Morgan fingerprint density at radius 1 is 1.00 bits per heavy atom. The van der Waals surface area contributed by atoms with Gasteiger partial charge in [0, 0.05) is 25.9 Å². The Kier molecular flexibility index (Phi) is 85.4. The topological polar surface area (TPSA) is 258 Å². The molecule has 0 aromatic heterocycles. The lowest BCUT2D eigenvalue weighted by molar-refractivity contribution is -0.138. The molecule has 36 heavy (non-hydrogen) atoms. The van der Waals surface area contributed by atoms with Gasteiger partial charge >= 0.3 is 18.5 Å². The van der Waals surface area contributed by atoms with Gasteiger partial charge in [0.1, 0.15) is 6.11 Å². The number of nitrogens with zero attached hydrogens (tertiary/aromatic N) is 2. The minimum atomic E-state index is -1.07. The molecule has 0 bridgehead atoms. The van der Waals surface area contributed by atoms with E-state index in [1.54, 1.807) is 26.9 Å². The predicted octanol–water partition coefficient (Wildman–Crippen LogP) is 0.837. The number of rotatable bonds is 5. The lowest BCUT2D eigenvalue weighted by Gasteiger charge is -2.02. The maximum atomic E-state index is 10.5. The molecule has 1 amide bonds. The summed E-state index contributed by atoms with van der Waals surface area (Å²) in [6.07, 6.45) is 0.796. The van der Waals surface area contributed by atoms with Gasteiger partial charge in [-0.25, -0.2) is 22.7 Å². The predicted molar refractivity (Wildman–Crippen MR) is 140 cm³/mol. The summed E-state index contributed by atoms with van der Waals surface area (Å²) in [4.78, 5) is 35.6. The maximum Gasteiger partial charge on any atom is 0.386 e. The van der Waals surface area contributed by atoms with Crippen molar-refractivity contribution in [1.82, 2.24) is 17.6 Å². The van der Waals surface area contributed by atoms with E-state index in [0.29, 0.717) is 6.54 Å². The van der Waals surface area contributed by atoms with Gasteiger partial charge in [0.05, 0.1) is 19.3 Å². The van der Waals surface area contributed by atoms with Crippen molar-refractivity contribution in [2.45, 2.75) is 54.8 Å². The second-order valence-electron chi connectivity index (χ2n) is 4.99. The van der Waals surface area contributed by atoms with Gasteiger partial charge in [0.2, 0.25) is 0 Å². The summed E-state index contributed by atoms with van der Waals surface area (Å²) >= 11 is 0. The molecule has 0 heterocycles. The molecule has 0 fully saturated rings. The average molecular weight is 523 g/mol. The van der Waals surface area contributed by atoms with Gasteiger partial charge in [-0.3, -0.25) is 4.79 Å². The number of aliphatic carboxylic acids is 1. The van der Waals surface area contributed by atoms with Crippen LogP contribution in [-0.2, 0) is 19.1 Å². The summed E-state index contributed by atoms with van der Waals surface area (Å²) in [6, 6.07) is 0. The summed E-state index contributed by atoms with van der Waals surface area (Å²) in [6.45, 7) is 19.0. The van der Waals surface area contributed by atoms with Gasteiger partial charge in [-0.15, -0.1) is 0 Å². The molecule has 14 heteroatoms. The first kappa shape index (κ1) is 58.2. The van der Waals surface area contributed by atoms with Crippen LogP contribution in [0.1, 0.15) is 42.5 Å². The van der Waals surface area contributed by atoms with Crippen molar-refractivity contribution in [3.05, 3.63) is 22.8 Å². The number of aliphatic hydroxyl groups is 3. The zero-order chi connectivity index (χ0) is 26.4. The molecule has 0 radical (unpaired) electrons. The van der Waals surface area contributed by atoms with Crippen LogP contribution in [0.5, 0.6) is 0 Å². The molecule has 0 aliphatic heterocycles. The van der Waals surface area contributed by atoms with Crippen molar-refractivity contribution in [3.63, 3.8) is 0 Å². The van der Waals surface area contributed by atoms with Gasteiger partial charge in [0.15, 0.2) is 0 Å². The molecule has 0 aliphatic rings.